The zero-order chi connectivity index (χ0) is 14.5. The first-order valence-corrected chi connectivity index (χ1v) is 5.68. The number of pyridine rings is 1. The average molecular weight is 273 g/mol. The van der Waals surface area contributed by atoms with Gasteiger partial charge in [0.1, 0.15) is 11.5 Å². The van der Waals surface area contributed by atoms with E-state index in [2.05, 4.69) is 10.1 Å². The van der Waals surface area contributed by atoms with Gasteiger partial charge in [-0.05, 0) is 18.2 Å². The van der Waals surface area contributed by atoms with E-state index < -0.39 is 17.5 Å². The van der Waals surface area contributed by atoms with Gasteiger partial charge >= 0.3 is 5.97 Å². The van der Waals surface area contributed by atoms with Gasteiger partial charge in [-0.25, -0.2) is 4.79 Å². The van der Waals surface area contributed by atoms with Crippen molar-refractivity contribution in [3.05, 3.63) is 54.1 Å². The zero-order valence-electron chi connectivity index (χ0n) is 10.3. The topological polar surface area (TPSA) is 105 Å². The molecule has 2 heterocycles. The number of hydrogen-bond donors (Lipinski definition) is 2. The number of nitrogens with zero attached hydrogens (tertiary/aromatic N) is 3. The smallest absolute Gasteiger partial charge is 0.376 e. The molecular formula is C13H11N3O4. The minimum atomic E-state index is -1.63. The van der Waals surface area contributed by atoms with Crippen LogP contribution in [0.4, 0.5) is 0 Å². The van der Waals surface area contributed by atoms with Crippen molar-refractivity contribution >= 4 is 17.5 Å². The summed E-state index contributed by atoms with van der Waals surface area (Å²) < 4.78 is 1.52. The summed E-state index contributed by atoms with van der Waals surface area (Å²) in [6.07, 6.45) is 3.87. The van der Waals surface area contributed by atoms with Gasteiger partial charge in [-0.2, -0.15) is 5.10 Å². The number of carbonyl (C=O) groups excluding carboxylic acids is 1. The summed E-state index contributed by atoms with van der Waals surface area (Å²) in [5, 5.41) is 22.1. The van der Waals surface area contributed by atoms with Gasteiger partial charge in [-0.3, -0.25) is 14.5 Å². The highest BCUT2D eigenvalue weighted by Crippen LogP contribution is 2.09. The second kappa shape index (κ2) is 5.79. The minimum Gasteiger partial charge on any atom is -0.505 e. The molecular weight excluding hydrogens is 262 g/mol. The number of aliphatic carboxylic acids is 1. The van der Waals surface area contributed by atoms with Crippen LogP contribution in [0.5, 0.6) is 0 Å². The second-order valence-corrected chi connectivity index (χ2v) is 3.92. The fourth-order valence-electron chi connectivity index (χ4n) is 1.50. The number of aliphatic hydroxyl groups excluding tert-OH is 1. The lowest BCUT2D eigenvalue weighted by Gasteiger charge is -2.00. The van der Waals surface area contributed by atoms with E-state index in [1.54, 1.807) is 18.5 Å². The van der Waals surface area contributed by atoms with Crippen molar-refractivity contribution in [1.82, 2.24) is 14.8 Å². The summed E-state index contributed by atoms with van der Waals surface area (Å²) in [6, 6.07) is 6.94. The highest BCUT2D eigenvalue weighted by Gasteiger charge is 2.12. The second-order valence-electron chi connectivity index (χ2n) is 3.92. The molecule has 0 aliphatic heterocycles. The van der Waals surface area contributed by atoms with Gasteiger partial charge in [-0.1, -0.05) is 6.07 Å². The van der Waals surface area contributed by atoms with E-state index in [0.29, 0.717) is 12.6 Å². The number of carbonyl (C=O) groups is 2. The summed E-state index contributed by atoms with van der Waals surface area (Å²) in [5.74, 6) is -3.33. The van der Waals surface area contributed by atoms with Crippen LogP contribution in [0.2, 0.25) is 0 Å². The van der Waals surface area contributed by atoms with E-state index in [4.69, 9.17) is 5.11 Å². The number of ketones is 1. The molecule has 0 aromatic carbocycles. The van der Waals surface area contributed by atoms with Crippen LogP contribution in [0.1, 0.15) is 11.4 Å². The number of rotatable bonds is 5. The number of aromatic nitrogens is 3. The molecule has 2 N–H and O–H groups in total. The summed E-state index contributed by atoms with van der Waals surface area (Å²) in [7, 11) is 0. The molecule has 7 heteroatoms. The maximum absolute atomic E-state index is 10.9. The number of carboxylic acids is 1. The summed E-state index contributed by atoms with van der Waals surface area (Å²) in [4.78, 5) is 25.4. The SMILES string of the molecule is O=C(O)C(=O)C=C(O)c1ccn(Cc2ccccn2)n1. The third-order valence-corrected chi connectivity index (χ3v) is 2.43. The van der Waals surface area contributed by atoms with Gasteiger partial charge < -0.3 is 10.2 Å². The normalized spacial score (nSPS) is 11.3. The van der Waals surface area contributed by atoms with Crippen LogP contribution in [0, 0.1) is 0 Å². The minimum absolute atomic E-state index is 0.121. The first-order valence-electron chi connectivity index (χ1n) is 5.68. The lowest BCUT2D eigenvalue weighted by Crippen LogP contribution is -2.09. The van der Waals surface area contributed by atoms with Crippen molar-refractivity contribution in [3.63, 3.8) is 0 Å². The summed E-state index contributed by atoms with van der Waals surface area (Å²) >= 11 is 0. The fraction of sp³-hybridized carbons (Fsp3) is 0.0769. The number of carboxylic acid groups (broad SMARTS) is 1. The molecule has 0 atom stereocenters. The van der Waals surface area contributed by atoms with E-state index in [-0.39, 0.29) is 5.69 Å². The number of hydrogen-bond acceptors (Lipinski definition) is 5. The Hall–Kier alpha value is -2.96. The molecule has 0 fully saturated rings. The Morgan fingerprint density at radius 1 is 1.25 bits per heavy atom. The molecule has 0 bridgehead atoms. The Morgan fingerprint density at radius 3 is 2.70 bits per heavy atom. The molecule has 0 radical (unpaired) electrons. The molecule has 0 aliphatic carbocycles. The molecule has 2 aromatic rings. The molecule has 7 nitrogen and oxygen atoms in total. The lowest BCUT2D eigenvalue weighted by atomic mass is 10.3. The van der Waals surface area contributed by atoms with Gasteiger partial charge in [0, 0.05) is 18.5 Å². The van der Waals surface area contributed by atoms with Gasteiger partial charge in [0.05, 0.1) is 12.2 Å². The molecule has 0 aliphatic rings. The van der Waals surface area contributed by atoms with Crippen LogP contribution in [0.25, 0.3) is 5.76 Å². The lowest BCUT2D eigenvalue weighted by molar-refractivity contribution is -0.146. The zero-order valence-corrected chi connectivity index (χ0v) is 10.3. The first-order chi connectivity index (χ1) is 9.56. The van der Waals surface area contributed by atoms with Crippen LogP contribution in [-0.4, -0.2) is 36.7 Å². The van der Waals surface area contributed by atoms with Gasteiger partial charge in [0.25, 0.3) is 5.78 Å². The predicted molar refractivity (Wildman–Crippen MR) is 68.8 cm³/mol. The highest BCUT2D eigenvalue weighted by molar-refractivity contribution is 6.38. The molecule has 0 saturated carbocycles. The molecule has 2 rings (SSSR count). The molecule has 0 saturated heterocycles. The average Bonchev–Trinajstić information content (AvgIpc) is 2.88. The van der Waals surface area contributed by atoms with Crippen LogP contribution < -0.4 is 0 Å². The van der Waals surface area contributed by atoms with Gasteiger partial charge in [-0.15, -0.1) is 0 Å². The molecule has 2 aromatic heterocycles. The third kappa shape index (κ3) is 3.29. The number of aliphatic hydroxyl groups is 1. The van der Waals surface area contributed by atoms with E-state index in [1.807, 2.05) is 12.1 Å². The Balaban J connectivity index is 2.13. The maximum atomic E-state index is 10.9. The summed E-state index contributed by atoms with van der Waals surface area (Å²) in [6.45, 7) is 0.404. The van der Waals surface area contributed by atoms with Crippen molar-refractivity contribution in [2.75, 3.05) is 0 Å². The maximum Gasteiger partial charge on any atom is 0.376 e. The van der Waals surface area contributed by atoms with E-state index in [9.17, 15) is 14.7 Å². The Labute approximate surface area is 113 Å². The van der Waals surface area contributed by atoms with E-state index in [0.717, 1.165) is 5.69 Å². The van der Waals surface area contributed by atoms with E-state index in [1.165, 1.54) is 10.7 Å². The molecule has 0 spiro atoms. The van der Waals surface area contributed by atoms with Crippen LogP contribution >= 0.6 is 0 Å². The van der Waals surface area contributed by atoms with Crippen molar-refractivity contribution in [1.29, 1.82) is 0 Å². The van der Waals surface area contributed by atoms with Crippen LogP contribution in [0.3, 0.4) is 0 Å². The van der Waals surface area contributed by atoms with Crippen LogP contribution in [0.15, 0.2) is 42.7 Å². The molecule has 102 valence electrons. The van der Waals surface area contributed by atoms with Crippen LogP contribution in [-0.2, 0) is 16.1 Å². The molecule has 0 amide bonds. The largest absolute Gasteiger partial charge is 0.505 e. The van der Waals surface area contributed by atoms with Crippen molar-refractivity contribution in [2.24, 2.45) is 0 Å². The van der Waals surface area contributed by atoms with Crippen molar-refractivity contribution in [2.45, 2.75) is 6.54 Å². The third-order valence-electron chi connectivity index (χ3n) is 2.43. The van der Waals surface area contributed by atoms with Crippen molar-refractivity contribution in [3.8, 4) is 0 Å². The molecule has 0 unspecified atom stereocenters. The van der Waals surface area contributed by atoms with E-state index >= 15 is 0 Å². The predicted octanol–water partition coefficient (Wildman–Crippen LogP) is 0.879. The Morgan fingerprint density at radius 2 is 2.05 bits per heavy atom. The fourth-order valence-corrected chi connectivity index (χ4v) is 1.50. The van der Waals surface area contributed by atoms with Crippen molar-refractivity contribution < 1.29 is 19.8 Å². The summed E-state index contributed by atoms with van der Waals surface area (Å²) in [5.41, 5.74) is 0.905. The monoisotopic (exact) mass is 273 g/mol. The first kappa shape index (κ1) is 13.5. The van der Waals surface area contributed by atoms with Gasteiger partial charge in [0.2, 0.25) is 0 Å². The highest BCUT2D eigenvalue weighted by atomic mass is 16.4. The Bertz CT molecular complexity index is 661. The standard InChI is InChI=1S/C13H11N3O4/c17-11(7-12(18)13(19)20)10-4-6-16(15-10)8-9-3-1-2-5-14-9/h1-7,17H,8H2,(H,19,20). The Kier molecular flexibility index (Phi) is 3.90. The molecule has 20 heavy (non-hydrogen) atoms. The quantitative estimate of drug-likeness (QED) is 0.476. The van der Waals surface area contributed by atoms with Gasteiger partial charge in [0.15, 0.2) is 0 Å².